The highest BCUT2D eigenvalue weighted by Crippen LogP contribution is 2.05. The number of pyridine rings is 2. The Hall–Kier alpha value is -1.74. The highest BCUT2D eigenvalue weighted by molar-refractivity contribution is 5.21. The van der Waals surface area contributed by atoms with Gasteiger partial charge in [0.2, 0.25) is 0 Å². The lowest BCUT2D eigenvalue weighted by atomic mass is 10.1. The number of hydrogen-bond donors (Lipinski definition) is 1. The first-order chi connectivity index (χ1) is 8.25. The van der Waals surface area contributed by atoms with E-state index in [0.29, 0.717) is 0 Å². The molecule has 0 amide bonds. The number of nitrogens with zero attached hydrogens (tertiary/aromatic N) is 2. The Morgan fingerprint density at radius 1 is 1.06 bits per heavy atom. The highest BCUT2D eigenvalue weighted by atomic mass is 14.9. The van der Waals surface area contributed by atoms with Gasteiger partial charge in [0, 0.05) is 37.4 Å². The van der Waals surface area contributed by atoms with Crippen molar-refractivity contribution >= 4 is 0 Å². The van der Waals surface area contributed by atoms with Crippen molar-refractivity contribution in [3.63, 3.8) is 0 Å². The van der Waals surface area contributed by atoms with E-state index in [2.05, 4.69) is 28.3 Å². The molecule has 2 heterocycles. The lowest BCUT2D eigenvalue weighted by Gasteiger charge is -2.07. The molecule has 0 bridgehead atoms. The minimum atomic E-state index is 0.835. The summed E-state index contributed by atoms with van der Waals surface area (Å²) >= 11 is 0. The maximum atomic E-state index is 4.27. The summed E-state index contributed by atoms with van der Waals surface area (Å²) in [6.45, 7) is 5.78. The first-order valence-corrected chi connectivity index (χ1v) is 5.77. The second-order valence-corrected chi connectivity index (χ2v) is 4.21. The molecule has 2 aromatic heterocycles. The molecule has 0 aliphatic heterocycles. The first-order valence-electron chi connectivity index (χ1n) is 5.77. The molecule has 0 spiro atoms. The van der Waals surface area contributed by atoms with Crippen molar-refractivity contribution < 1.29 is 0 Å². The number of nitrogens with one attached hydrogen (secondary N) is 1. The Bertz CT molecular complexity index is 477. The van der Waals surface area contributed by atoms with Gasteiger partial charge in [-0.1, -0.05) is 6.07 Å². The predicted octanol–water partition coefficient (Wildman–Crippen LogP) is 2.38. The monoisotopic (exact) mass is 227 g/mol. The van der Waals surface area contributed by atoms with Crippen LogP contribution < -0.4 is 5.32 Å². The molecule has 3 heteroatoms. The minimum Gasteiger partial charge on any atom is -0.308 e. The summed E-state index contributed by atoms with van der Waals surface area (Å²) in [5, 5.41) is 3.40. The van der Waals surface area contributed by atoms with E-state index < -0.39 is 0 Å². The largest absolute Gasteiger partial charge is 0.308 e. The van der Waals surface area contributed by atoms with Gasteiger partial charge in [0.1, 0.15) is 0 Å². The fraction of sp³-hybridized carbons (Fsp3) is 0.286. The van der Waals surface area contributed by atoms with Crippen molar-refractivity contribution in [1.29, 1.82) is 0 Å². The van der Waals surface area contributed by atoms with E-state index >= 15 is 0 Å². The molecule has 2 rings (SSSR count). The summed E-state index contributed by atoms with van der Waals surface area (Å²) < 4.78 is 0. The molecule has 0 saturated carbocycles. The van der Waals surface area contributed by atoms with Crippen LogP contribution in [-0.2, 0) is 13.1 Å². The van der Waals surface area contributed by atoms with Crippen LogP contribution in [-0.4, -0.2) is 9.97 Å². The van der Waals surface area contributed by atoms with Gasteiger partial charge in [0.25, 0.3) is 0 Å². The number of rotatable bonds is 4. The number of hydrogen-bond acceptors (Lipinski definition) is 3. The fourth-order valence-corrected chi connectivity index (χ4v) is 1.63. The van der Waals surface area contributed by atoms with Crippen molar-refractivity contribution in [2.75, 3.05) is 0 Å². The van der Waals surface area contributed by atoms with E-state index in [-0.39, 0.29) is 0 Å². The number of aryl methyl sites for hydroxylation is 2. The van der Waals surface area contributed by atoms with Gasteiger partial charge in [-0.2, -0.15) is 0 Å². The zero-order valence-corrected chi connectivity index (χ0v) is 10.3. The second-order valence-electron chi connectivity index (χ2n) is 4.21. The molecule has 0 saturated heterocycles. The van der Waals surface area contributed by atoms with Gasteiger partial charge >= 0.3 is 0 Å². The lowest BCUT2D eigenvalue weighted by Crippen LogP contribution is -2.13. The molecule has 0 aromatic carbocycles. The van der Waals surface area contributed by atoms with E-state index in [1.165, 1.54) is 16.7 Å². The normalized spacial score (nSPS) is 10.5. The second kappa shape index (κ2) is 5.55. The van der Waals surface area contributed by atoms with E-state index in [9.17, 15) is 0 Å². The SMILES string of the molecule is Cc1ccc(CNCc2cnccc2C)cn1. The van der Waals surface area contributed by atoms with E-state index in [4.69, 9.17) is 0 Å². The summed E-state index contributed by atoms with van der Waals surface area (Å²) in [6, 6.07) is 6.17. The van der Waals surface area contributed by atoms with Gasteiger partial charge in [-0.25, -0.2) is 0 Å². The van der Waals surface area contributed by atoms with Crippen LogP contribution in [0, 0.1) is 13.8 Å². The van der Waals surface area contributed by atoms with Crippen LogP contribution in [0.4, 0.5) is 0 Å². The van der Waals surface area contributed by atoms with Crippen LogP contribution in [0.1, 0.15) is 22.4 Å². The molecule has 0 atom stereocenters. The molecule has 17 heavy (non-hydrogen) atoms. The molecule has 2 aromatic rings. The van der Waals surface area contributed by atoms with Gasteiger partial charge in [-0.15, -0.1) is 0 Å². The minimum absolute atomic E-state index is 0.835. The van der Waals surface area contributed by atoms with Gasteiger partial charge in [-0.05, 0) is 42.7 Å². The van der Waals surface area contributed by atoms with Crippen LogP contribution >= 0.6 is 0 Å². The van der Waals surface area contributed by atoms with Crippen molar-refractivity contribution in [2.45, 2.75) is 26.9 Å². The van der Waals surface area contributed by atoms with E-state index in [1.54, 1.807) is 0 Å². The van der Waals surface area contributed by atoms with Gasteiger partial charge in [0.05, 0.1) is 0 Å². The third-order valence-electron chi connectivity index (χ3n) is 2.76. The molecule has 3 nitrogen and oxygen atoms in total. The average Bonchev–Trinajstić information content (AvgIpc) is 2.34. The molecule has 0 aliphatic carbocycles. The zero-order valence-electron chi connectivity index (χ0n) is 10.3. The van der Waals surface area contributed by atoms with Crippen molar-refractivity contribution in [1.82, 2.24) is 15.3 Å². The average molecular weight is 227 g/mol. The molecule has 0 aliphatic rings. The molecular weight excluding hydrogens is 210 g/mol. The molecule has 1 N–H and O–H groups in total. The Morgan fingerprint density at radius 3 is 2.65 bits per heavy atom. The van der Waals surface area contributed by atoms with E-state index in [1.807, 2.05) is 37.6 Å². The molecular formula is C14H17N3. The molecule has 0 radical (unpaired) electrons. The third-order valence-corrected chi connectivity index (χ3v) is 2.76. The topological polar surface area (TPSA) is 37.8 Å². The highest BCUT2D eigenvalue weighted by Gasteiger charge is 1.98. The Labute approximate surface area is 102 Å². The summed E-state index contributed by atoms with van der Waals surface area (Å²) in [5.74, 6) is 0. The maximum Gasteiger partial charge on any atom is 0.0372 e. The zero-order chi connectivity index (χ0) is 12.1. The van der Waals surface area contributed by atoms with Crippen molar-refractivity contribution in [2.24, 2.45) is 0 Å². The van der Waals surface area contributed by atoms with Crippen LogP contribution in [0.15, 0.2) is 36.8 Å². The van der Waals surface area contributed by atoms with Gasteiger partial charge in [-0.3, -0.25) is 9.97 Å². The fourth-order valence-electron chi connectivity index (χ4n) is 1.63. The predicted molar refractivity (Wildman–Crippen MR) is 68.5 cm³/mol. The van der Waals surface area contributed by atoms with Crippen molar-refractivity contribution in [3.8, 4) is 0 Å². The van der Waals surface area contributed by atoms with Gasteiger partial charge < -0.3 is 5.32 Å². The molecule has 0 fully saturated rings. The summed E-state index contributed by atoms with van der Waals surface area (Å²) in [7, 11) is 0. The third kappa shape index (κ3) is 3.36. The van der Waals surface area contributed by atoms with Crippen LogP contribution in [0.3, 0.4) is 0 Å². The molecule has 0 unspecified atom stereocenters. The van der Waals surface area contributed by atoms with Crippen LogP contribution in [0.25, 0.3) is 0 Å². The summed E-state index contributed by atoms with van der Waals surface area (Å²) in [5.41, 5.74) is 4.77. The van der Waals surface area contributed by atoms with Crippen LogP contribution in [0.5, 0.6) is 0 Å². The van der Waals surface area contributed by atoms with E-state index in [0.717, 1.165) is 18.8 Å². The van der Waals surface area contributed by atoms with Crippen LogP contribution in [0.2, 0.25) is 0 Å². The standard InChI is InChI=1S/C14H17N3/c1-11-5-6-15-9-14(11)10-16-7-13-4-3-12(2)17-8-13/h3-6,8-9,16H,7,10H2,1-2H3. The Morgan fingerprint density at radius 2 is 1.94 bits per heavy atom. The smallest absolute Gasteiger partial charge is 0.0372 e. The van der Waals surface area contributed by atoms with Gasteiger partial charge in [0.15, 0.2) is 0 Å². The first kappa shape index (κ1) is 11.7. The number of aromatic nitrogens is 2. The quantitative estimate of drug-likeness (QED) is 0.871. The summed E-state index contributed by atoms with van der Waals surface area (Å²) in [6.07, 6.45) is 5.65. The lowest BCUT2D eigenvalue weighted by molar-refractivity contribution is 0.686. The Kier molecular flexibility index (Phi) is 3.83. The Balaban J connectivity index is 1.88. The maximum absolute atomic E-state index is 4.27. The summed E-state index contributed by atoms with van der Waals surface area (Å²) in [4.78, 5) is 8.40. The molecule has 88 valence electrons. The van der Waals surface area contributed by atoms with Crippen molar-refractivity contribution in [3.05, 3.63) is 59.2 Å².